The maximum atomic E-state index is 11.4. The first-order chi connectivity index (χ1) is 8.24. The van der Waals surface area contributed by atoms with E-state index < -0.39 is 0 Å². The molecule has 1 aliphatic rings. The fourth-order valence-electron chi connectivity index (χ4n) is 1.82. The lowest BCUT2D eigenvalue weighted by Crippen LogP contribution is -2.12. The molecule has 0 amide bonds. The smallest absolute Gasteiger partial charge is 0.266 e. The second-order valence-corrected chi connectivity index (χ2v) is 5.92. The molecule has 0 aliphatic heterocycles. The van der Waals surface area contributed by atoms with Gasteiger partial charge in [0, 0.05) is 4.88 Å². The van der Waals surface area contributed by atoms with Gasteiger partial charge in [-0.25, -0.2) is 9.97 Å². The Balaban J connectivity index is 1.91. The van der Waals surface area contributed by atoms with Crippen LogP contribution < -0.4 is 10.9 Å². The summed E-state index contributed by atoms with van der Waals surface area (Å²) in [6, 6.07) is 0. The largest absolute Gasteiger partial charge is 0.315 e. The molecule has 5 nitrogen and oxygen atoms in total. The highest BCUT2D eigenvalue weighted by atomic mass is 127. The maximum Gasteiger partial charge on any atom is 0.266 e. The van der Waals surface area contributed by atoms with Crippen molar-refractivity contribution in [3.63, 3.8) is 0 Å². The molecule has 7 heteroatoms. The highest BCUT2D eigenvalue weighted by Crippen LogP contribution is 2.31. The van der Waals surface area contributed by atoms with Crippen molar-refractivity contribution in [1.82, 2.24) is 15.0 Å². The molecule has 0 saturated carbocycles. The fraction of sp³-hybridized carbons (Fsp3) is 0.300. The van der Waals surface area contributed by atoms with E-state index in [0.29, 0.717) is 9.39 Å². The Morgan fingerprint density at radius 1 is 1.47 bits per heavy atom. The van der Waals surface area contributed by atoms with Crippen LogP contribution in [0.4, 0.5) is 10.9 Å². The van der Waals surface area contributed by atoms with E-state index in [0.717, 1.165) is 18.0 Å². The van der Waals surface area contributed by atoms with Gasteiger partial charge in [-0.1, -0.05) is 0 Å². The van der Waals surface area contributed by atoms with E-state index in [1.165, 1.54) is 23.3 Å². The molecule has 3 rings (SSSR count). The Bertz CT molecular complexity index is 600. The number of H-pyrrole nitrogens is 1. The van der Waals surface area contributed by atoms with Crippen molar-refractivity contribution >= 4 is 44.9 Å². The van der Waals surface area contributed by atoms with Crippen LogP contribution in [0.3, 0.4) is 0 Å². The predicted molar refractivity (Wildman–Crippen MR) is 75.0 cm³/mol. The molecule has 2 heterocycles. The third-order valence-electron chi connectivity index (χ3n) is 2.62. The minimum absolute atomic E-state index is 0.132. The summed E-state index contributed by atoms with van der Waals surface area (Å²) in [7, 11) is 0. The second kappa shape index (κ2) is 4.37. The van der Waals surface area contributed by atoms with E-state index in [2.05, 4.69) is 20.3 Å². The number of hydrogen-bond acceptors (Lipinski definition) is 5. The molecule has 2 aromatic heterocycles. The van der Waals surface area contributed by atoms with Crippen LogP contribution >= 0.6 is 33.9 Å². The number of fused-ring (bicyclic) bond motifs is 1. The van der Waals surface area contributed by atoms with E-state index in [4.69, 9.17) is 0 Å². The highest BCUT2D eigenvalue weighted by Gasteiger charge is 2.17. The van der Waals surface area contributed by atoms with Crippen LogP contribution in [0, 0.1) is 3.57 Å². The van der Waals surface area contributed by atoms with Crippen LogP contribution in [0.2, 0.25) is 0 Å². The molecular formula is C10H9IN4OS. The van der Waals surface area contributed by atoms with Crippen LogP contribution in [0.5, 0.6) is 0 Å². The van der Waals surface area contributed by atoms with Crippen LogP contribution in [-0.2, 0) is 12.8 Å². The summed E-state index contributed by atoms with van der Waals surface area (Å²) < 4.78 is 0.556. The molecular weight excluding hydrogens is 351 g/mol. The van der Waals surface area contributed by atoms with Crippen LogP contribution in [0.25, 0.3) is 0 Å². The second-order valence-electron chi connectivity index (χ2n) is 3.76. The Kier molecular flexibility index (Phi) is 2.87. The Hall–Kier alpha value is -0.960. The Morgan fingerprint density at radius 3 is 3.18 bits per heavy atom. The van der Waals surface area contributed by atoms with Crippen molar-refractivity contribution in [2.24, 2.45) is 0 Å². The molecule has 0 fully saturated rings. The predicted octanol–water partition coefficient (Wildman–Crippen LogP) is 2.06. The topological polar surface area (TPSA) is 70.7 Å². The van der Waals surface area contributed by atoms with Gasteiger partial charge in [-0.05, 0) is 41.9 Å². The number of nitrogens with one attached hydrogen (secondary N) is 2. The van der Waals surface area contributed by atoms with Gasteiger partial charge < -0.3 is 10.3 Å². The molecule has 88 valence electrons. The third-order valence-corrected chi connectivity index (χ3v) is 4.69. The quantitative estimate of drug-likeness (QED) is 0.805. The highest BCUT2D eigenvalue weighted by molar-refractivity contribution is 14.1. The zero-order chi connectivity index (χ0) is 11.8. The zero-order valence-electron chi connectivity index (χ0n) is 8.79. The molecule has 0 unspecified atom stereocenters. The number of halogens is 1. The van der Waals surface area contributed by atoms with E-state index in [-0.39, 0.29) is 5.56 Å². The number of hydrogen-bond donors (Lipinski definition) is 2. The minimum atomic E-state index is -0.132. The number of thiazole rings is 1. The average Bonchev–Trinajstić information content (AvgIpc) is 2.85. The molecule has 0 spiro atoms. The van der Waals surface area contributed by atoms with Crippen LogP contribution in [-0.4, -0.2) is 15.0 Å². The van der Waals surface area contributed by atoms with Crippen molar-refractivity contribution in [2.45, 2.75) is 19.3 Å². The summed E-state index contributed by atoms with van der Waals surface area (Å²) >= 11 is 3.63. The number of rotatable bonds is 2. The molecule has 0 radical (unpaired) electrons. The van der Waals surface area contributed by atoms with E-state index in [1.807, 2.05) is 22.6 Å². The average molecular weight is 360 g/mol. The van der Waals surface area contributed by atoms with Gasteiger partial charge >= 0.3 is 0 Å². The number of aromatic amines is 1. The van der Waals surface area contributed by atoms with Crippen molar-refractivity contribution in [1.29, 1.82) is 0 Å². The molecule has 1 aliphatic carbocycles. The molecule has 17 heavy (non-hydrogen) atoms. The number of aromatic nitrogens is 3. The lowest BCUT2D eigenvalue weighted by Gasteiger charge is -2.02. The molecule has 0 bridgehead atoms. The molecule has 2 N–H and O–H groups in total. The van der Waals surface area contributed by atoms with Gasteiger partial charge in [-0.15, -0.1) is 11.3 Å². The van der Waals surface area contributed by atoms with Gasteiger partial charge in [-0.3, -0.25) is 4.79 Å². The van der Waals surface area contributed by atoms with E-state index in [1.54, 1.807) is 11.3 Å². The summed E-state index contributed by atoms with van der Waals surface area (Å²) in [5.41, 5.74) is 1.06. The summed E-state index contributed by atoms with van der Waals surface area (Å²) in [4.78, 5) is 23.9. The van der Waals surface area contributed by atoms with Gasteiger partial charge in [0.2, 0.25) is 0 Å². The first-order valence-corrected chi connectivity index (χ1v) is 7.12. The normalized spacial score (nSPS) is 13.7. The van der Waals surface area contributed by atoms with E-state index in [9.17, 15) is 4.79 Å². The van der Waals surface area contributed by atoms with Gasteiger partial charge in [0.1, 0.15) is 3.57 Å². The third kappa shape index (κ3) is 2.08. The summed E-state index contributed by atoms with van der Waals surface area (Å²) in [5, 5.41) is 3.94. The molecule has 0 atom stereocenters. The van der Waals surface area contributed by atoms with Gasteiger partial charge in [0.05, 0.1) is 12.0 Å². The van der Waals surface area contributed by atoms with Crippen molar-refractivity contribution in [3.8, 4) is 0 Å². The monoisotopic (exact) mass is 360 g/mol. The van der Waals surface area contributed by atoms with Crippen molar-refractivity contribution in [3.05, 3.63) is 30.8 Å². The summed E-state index contributed by atoms with van der Waals surface area (Å²) in [6.45, 7) is 0. The first kappa shape index (κ1) is 11.1. The summed E-state index contributed by atoms with van der Waals surface area (Å²) in [6.07, 6.45) is 4.78. The fourth-order valence-corrected chi connectivity index (χ4v) is 3.29. The SMILES string of the molecule is O=c1[nH]cnc(Nc2nc3c(s2)CCC3)c1I. The van der Waals surface area contributed by atoms with Crippen LogP contribution in [0.15, 0.2) is 11.1 Å². The van der Waals surface area contributed by atoms with Gasteiger partial charge in [0.25, 0.3) is 5.56 Å². The molecule has 0 aromatic carbocycles. The van der Waals surface area contributed by atoms with Gasteiger partial charge in [-0.2, -0.15) is 0 Å². The lowest BCUT2D eigenvalue weighted by molar-refractivity contribution is 0.900. The standard InChI is InChI=1S/C10H9IN4OS/c11-7-8(12-4-13-9(7)16)15-10-14-5-2-1-3-6(5)17-10/h4H,1-3H2,(H2,12,13,14,15,16). The molecule has 2 aromatic rings. The minimum Gasteiger partial charge on any atom is -0.315 e. The summed E-state index contributed by atoms with van der Waals surface area (Å²) in [5.74, 6) is 0.571. The van der Waals surface area contributed by atoms with E-state index >= 15 is 0 Å². The van der Waals surface area contributed by atoms with Crippen LogP contribution in [0.1, 0.15) is 17.0 Å². The van der Waals surface area contributed by atoms with Crippen molar-refractivity contribution in [2.75, 3.05) is 5.32 Å². The Labute approximate surface area is 115 Å². The van der Waals surface area contributed by atoms with Crippen molar-refractivity contribution < 1.29 is 0 Å². The molecule has 0 saturated heterocycles. The van der Waals surface area contributed by atoms with Gasteiger partial charge in [0.15, 0.2) is 10.9 Å². The number of aryl methyl sites for hydroxylation is 2. The number of nitrogens with zero attached hydrogens (tertiary/aromatic N) is 2. The lowest BCUT2D eigenvalue weighted by atomic mass is 10.4. The first-order valence-electron chi connectivity index (χ1n) is 5.23. The maximum absolute atomic E-state index is 11.4. The zero-order valence-corrected chi connectivity index (χ0v) is 11.8. The number of anilines is 2. The Morgan fingerprint density at radius 2 is 2.35 bits per heavy atom.